The van der Waals surface area contributed by atoms with E-state index in [2.05, 4.69) is 5.32 Å². The second kappa shape index (κ2) is 9.06. The monoisotopic (exact) mass is 450 g/mol. The Hall–Kier alpha value is -2.58. The Labute approximate surface area is 181 Å². The molecule has 0 spiro atoms. The van der Waals surface area contributed by atoms with Gasteiger partial charge in [0.2, 0.25) is 10.0 Å². The average molecular weight is 451 g/mol. The average Bonchev–Trinajstić information content (AvgIpc) is 2.72. The number of rotatable bonds is 6. The van der Waals surface area contributed by atoms with Crippen LogP contribution in [0.4, 0.5) is 5.69 Å². The summed E-state index contributed by atoms with van der Waals surface area (Å²) in [6.45, 7) is 0.426. The lowest BCUT2D eigenvalue weighted by molar-refractivity contribution is -0.141. The first kappa shape index (κ1) is 22.1. The molecule has 2 aromatic rings. The number of benzene rings is 2. The van der Waals surface area contributed by atoms with E-state index in [1.54, 1.807) is 42.5 Å². The lowest BCUT2D eigenvalue weighted by atomic mass is 9.99. The molecule has 0 aromatic heterocycles. The highest BCUT2D eigenvalue weighted by molar-refractivity contribution is 7.92. The van der Waals surface area contributed by atoms with E-state index in [1.807, 2.05) is 0 Å². The van der Waals surface area contributed by atoms with Gasteiger partial charge in [-0.25, -0.2) is 8.42 Å². The number of carbonyl (C=O) groups is 2. The number of sulfonamides is 1. The quantitative estimate of drug-likeness (QED) is 0.682. The molecular weight excluding hydrogens is 428 g/mol. The fourth-order valence-corrected chi connectivity index (χ4v) is 4.61. The first-order valence-corrected chi connectivity index (χ1v) is 11.7. The maximum absolute atomic E-state index is 12.9. The summed E-state index contributed by atoms with van der Waals surface area (Å²) < 4.78 is 30.2. The molecule has 0 aliphatic carbocycles. The van der Waals surface area contributed by atoms with Crippen LogP contribution in [-0.2, 0) is 26.0 Å². The SMILES string of the molecule is COC(=O)C[C@@H](NC(=O)c1ccc2c(c1)CCCN2S(C)(=O)=O)c1ccc(Cl)cc1. The van der Waals surface area contributed by atoms with Crippen LogP contribution >= 0.6 is 11.6 Å². The van der Waals surface area contributed by atoms with Gasteiger partial charge >= 0.3 is 5.97 Å². The largest absolute Gasteiger partial charge is 0.469 e. The fourth-order valence-electron chi connectivity index (χ4n) is 3.49. The van der Waals surface area contributed by atoms with Crippen molar-refractivity contribution in [2.45, 2.75) is 25.3 Å². The van der Waals surface area contributed by atoms with Gasteiger partial charge in [-0.05, 0) is 54.3 Å². The molecule has 1 aliphatic heterocycles. The number of carbonyl (C=O) groups excluding carboxylic acids is 2. The summed E-state index contributed by atoms with van der Waals surface area (Å²) in [4.78, 5) is 24.7. The topological polar surface area (TPSA) is 92.8 Å². The van der Waals surface area contributed by atoms with Gasteiger partial charge in [-0.3, -0.25) is 13.9 Å². The zero-order valence-corrected chi connectivity index (χ0v) is 18.3. The molecule has 2 aromatic carbocycles. The first-order valence-electron chi connectivity index (χ1n) is 9.43. The summed E-state index contributed by atoms with van der Waals surface area (Å²) in [5.41, 5.74) is 2.52. The van der Waals surface area contributed by atoms with Gasteiger partial charge < -0.3 is 10.1 Å². The van der Waals surface area contributed by atoms with Gasteiger partial charge in [0.05, 0.1) is 31.5 Å². The highest BCUT2D eigenvalue weighted by atomic mass is 35.5. The number of anilines is 1. The van der Waals surface area contributed by atoms with E-state index >= 15 is 0 Å². The summed E-state index contributed by atoms with van der Waals surface area (Å²) in [6, 6.07) is 11.2. The Morgan fingerprint density at radius 3 is 2.53 bits per heavy atom. The van der Waals surface area contributed by atoms with E-state index in [-0.39, 0.29) is 12.3 Å². The molecule has 1 heterocycles. The van der Waals surface area contributed by atoms with Gasteiger partial charge in [0, 0.05) is 17.1 Å². The van der Waals surface area contributed by atoms with Gasteiger partial charge in [0.15, 0.2) is 0 Å². The van der Waals surface area contributed by atoms with Crippen LogP contribution in [0.15, 0.2) is 42.5 Å². The maximum atomic E-state index is 12.9. The van der Waals surface area contributed by atoms with Crippen molar-refractivity contribution in [3.8, 4) is 0 Å². The Bertz CT molecular complexity index is 1050. The minimum absolute atomic E-state index is 0.0311. The minimum Gasteiger partial charge on any atom is -0.469 e. The highest BCUT2D eigenvalue weighted by Gasteiger charge is 2.25. The van der Waals surface area contributed by atoms with E-state index in [4.69, 9.17) is 16.3 Å². The number of esters is 1. The van der Waals surface area contributed by atoms with Gasteiger partial charge in [0.1, 0.15) is 0 Å². The zero-order chi connectivity index (χ0) is 21.9. The van der Waals surface area contributed by atoms with Crippen LogP contribution in [0.3, 0.4) is 0 Å². The highest BCUT2D eigenvalue weighted by Crippen LogP contribution is 2.30. The summed E-state index contributed by atoms with van der Waals surface area (Å²) in [5, 5.41) is 3.42. The van der Waals surface area contributed by atoms with Crippen LogP contribution in [0.5, 0.6) is 0 Å². The van der Waals surface area contributed by atoms with Crippen molar-refractivity contribution in [3.63, 3.8) is 0 Å². The third-order valence-electron chi connectivity index (χ3n) is 4.99. The van der Waals surface area contributed by atoms with E-state index in [0.29, 0.717) is 35.7 Å². The summed E-state index contributed by atoms with van der Waals surface area (Å²) >= 11 is 5.94. The van der Waals surface area contributed by atoms with Crippen LogP contribution in [0.2, 0.25) is 5.02 Å². The fraction of sp³-hybridized carbons (Fsp3) is 0.333. The predicted octanol–water partition coefficient (Wildman–Crippen LogP) is 3.09. The molecule has 160 valence electrons. The third-order valence-corrected chi connectivity index (χ3v) is 6.43. The molecule has 30 heavy (non-hydrogen) atoms. The first-order chi connectivity index (χ1) is 14.2. The molecular formula is C21H23ClN2O5S. The number of halogens is 1. The molecule has 1 aliphatic rings. The Balaban J connectivity index is 1.85. The van der Waals surface area contributed by atoms with Crippen molar-refractivity contribution in [2.24, 2.45) is 0 Å². The van der Waals surface area contributed by atoms with Crippen LogP contribution in [-0.4, -0.2) is 40.2 Å². The molecule has 7 nitrogen and oxygen atoms in total. The Morgan fingerprint density at radius 1 is 1.20 bits per heavy atom. The van der Waals surface area contributed by atoms with Crippen LogP contribution < -0.4 is 9.62 Å². The van der Waals surface area contributed by atoms with Gasteiger partial charge in [-0.15, -0.1) is 0 Å². The number of fused-ring (bicyclic) bond motifs is 1. The number of hydrogen-bond acceptors (Lipinski definition) is 5. The second-order valence-electron chi connectivity index (χ2n) is 7.14. The lowest BCUT2D eigenvalue weighted by Gasteiger charge is -2.29. The predicted molar refractivity (Wildman–Crippen MR) is 115 cm³/mol. The number of amides is 1. The van der Waals surface area contributed by atoms with E-state index < -0.39 is 22.0 Å². The van der Waals surface area contributed by atoms with Crippen molar-refractivity contribution >= 4 is 39.2 Å². The molecule has 1 atom stereocenters. The smallest absolute Gasteiger partial charge is 0.307 e. The summed E-state index contributed by atoms with van der Waals surface area (Å²) in [5.74, 6) is -0.817. The number of nitrogens with zero attached hydrogens (tertiary/aromatic N) is 1. The molecule has 0 radical (unpaired) electrons. The van der Waals surface area contributed by atoms with Gasteiger partial charge in [-0.2, -0.15) is 0 Å². The molecule has 3 rings (SSSR count). The van der Waals surface area contributed by atoms with Gasteiger partial charge in [0.25, 0.3) is 5.91 Å². The van der Waals surface area contributed by atoms with Crippen LogP contribution in [0.1, 0.15) is 40.4 Å². The molecule has 0 saturated carbocycles. The summed E-state index contributed by atoms with van der Waals surface area (Å²) in [7, 11) is -2.08. The molecule has 0 saturated heterocycles. The molecule has 0 bridgehead atoms. The number of ether oxygens (including phenoxy) is 1. The lowest BCUT2D eigenvalue weighted by Crippen LogP contribution is -2.35. The molecule has 9 heteroatoms. The van der Waals surface area contributed by atoms with Crippen LogP contribution in [0, 0.1) is 0 Å². The number of methoxy groups -OCH3 is 1. The molecule has 1 N–H and O–H groups in total. The number of aryl methyl sites for hydroxylation is 1. The Kier molecular flexibility index (Phi) is 6.67. The van der Waals surface area contributed by atoms with Crippen LogP contribution in [0.25, 0.3) is 0 Å². The van der Waals surface area contributed by atoms with Crippen molar-refractivity contribution < 1.29 is 22.7 Å². The zero-order valence-electron chi connectivity index (χ0n) is 16.7. The molecule has 0 unspecified atom stereocenters. The van der Waals surface area contributed by atoms with Crippen molar-refractivity contribution in [1.29, 1.82) is 0 Å². The molecule has 0 fully saturated rings. The van der Waals surface area contributed by atoms with E-state index in [1.165, 1.54) is 17.7 Å². The van der Waals surface area contributed by atoms with Crippen molar-refractivity contribution in [3.05, 3.63) is 64.2 Å². The maximum Gasteiger partial charge on any atom is 0.307 e. The van der Waals surface area contributed by atoms with E-state index in [9.17, 15) is 18.0 Å². The third kappa shape index (κ3) is 5.12. The normalized spacial score (nSPS) is 14.6. The molecule has 1 amide bonds. The second-order valence-corrected chi connectivity index (χ2v) is 9.48. The number of hydrogen-bond donors (Lipinski definition) is 1. The van der Waals surface area contributed by atoms with Crippen molar-refractivity contribution in [1.82, 2.24) is 5.32 Å². The minimum atomic E-state index is -3.38. The van der Waals surface area contributed by atoms with Crippen molar-refractivity contribution in [2.75, 3.05) is 24.2 Å². The van der Waals surface area contributed by atoms with Gasteiger partial charge in [-0.1, -0.05) is 23.7 Å². The summed E-state index contributed by atoms with van der Waals surface area (Å²) in [6.07, 6.45) is 2.51. The Morgan fingerprint density at radius 2 is 1.90 bits per heavy atom. The number of nitrogens with one attached hydrogen (secondary N) is 1. The standard InChI is InChI=1S/C21H23ClN2O5S/c1-29-20(25)13-18(14-5-8-17(22)9-6-14)23-21(26)16-7-10-19-15(12-16)4-3-11-24(19)30(2,27)28/h5-10,12,18H,3-4,11,13H2,1-2H3,(H,23,26)/t18-/m1/s1. The van der Waals surface area contributed by atoms with E-state index in [0.717, 1.165) is 11.1 Å².